The highest BCUT2D eigenvalue weighted by Crippen LogP contribution is 2.29. The molecule has 1 atom stereocenters. The van der Waals surface area contributed by atoms with Gasteiger partial charge in [0.05, 0.1) is 30.3 Å². The third-order valence-corrected chi connectivity index (χ3v) is 6.57. The molecule has 0 aliphatic carbocycles. The maximum absolute atomic E-state index is 13.8. The van der Waals surface area contributed by atoms with Crippen molar-refractivity contribution in [2.24, 2.45) is 0 Å². The first-order valence-corrected chi connectivity index (χ1v) is 12.0. The number of ether oxygens (including phenoxy) is 1. The average molecular weight is 460 g/mol. The quantitative estimate of drug-likeness (QED) is 0.493. The van der Waals surface area contributed by atoms with Crippen LogP contribution in [0.2, 0.25) is 0 Å². The lowest BCUT2D eigenvalue weighted by molar-refractivity contribution is 0.0986. The number of hydrogen-bond acceptors (Lipinski definition) is 8. The van der Waals surface area contributed by atoms with Gasteiger partial charge in [-0.3, -0.25) is 0 Å². The smallest absolute Gasteiger partial charge is 0.257 e. The monoisotopic (exact) mass is 459 g/mol. The zero-order valence-corrected chi connectivity index (χ0v) is 18.6. The minimum Gasteiger partial charge on any atom is -0.377 e. The molecule has 4 aromatic rings. The van der Waals surface area contributed by atoms with E-state index in [1.54, 1.807) is 23.7 Å². The molecular formula is C20H22FN7O3S. The van der Waals surface area contributed by atoms with E-state index in [4.69, 9.17) is 9.72 Å². The Morgan fingerprint density at radius 3 is 2.69 bits per heavy atom. The van der Waals surface area contributed by atoms with Gasteiger partial charge in [-0.15, -0.1) is 5.10 Å². The Morgan fingerprint density at radius 1 is 1.19 bits per heavy atom. The lowest BCUT2D eigenvalue weighted by Gasteiger charge is -2.34. The highest BCUT2D eigenvalue weighted by molar-refractivity contribution is 7.90. The summed E-state index contributed by atoms with van der Waals surface area (Å²) in [6.45, 7) is 3.68. The number of nitrogens with zero attached hydrogens (tertiary/aromatic N) is 6. The molecule has 1 fully saturated rings. The van der Waals surface area contributed by atoms with Crippen LogP contribution in [-0.4, -0.2) is 71.7 Å². The highest BCUT2D eigenvalue weighted by atomic mass is 32.2. The Labute approximate surface area is 183 Å². The Morgan fingerprint density at radius 2 is 1.97 bits per heavy atom. The topological polar surface area (TPSA) is 107 Å². The fourth-order valence-electron chi connectivity index (χ4n) is 4.00. The van der Waals surface area contributed by atoms with Gasteiger partial charge < -0.3 is 15.0 Å². The average Bonchev–Trinajstić information content (AvgIpc) is 3.34. The van der Waals surface area contributed by atoms with Crippen molar-refractivity contribution in [1.82, 2.24) is 24.1 Å². The summed E-state index contributed by atoms with van der Waals surface area (Å²) >= 11 is 0. The number of rotatable bonds is 4. The summed E-state index contributed by atoms with van der Waals surface area (Å²) in [7, 11) is -1.87. The van der Waals surface area contributed by atoms with Crippen molar-refractivity contribution >= 4 is 38.2 Å². The van der Waals surface area contributed by atoms with E-state index in [2.05, 4.69) is 20.3 Å². The van der Waals surface area contributed by atoms with Gasteiger partial charge in [0.15, 0.2) is 20.7 Å². The minimum atomic E-state index is -3.56. The van der Waals surface area contributed by atoms with Gasteiger partial charge in [-0.1, -0.05) is 0 Å². The second-order valence-electron chi connectivity index (χ2n) is 7.75. The predicted molar refractivity (Wildman–Crippen MR) is 118 cm³/mol. The molecule has 1 N–H and O–H groups in total. The molecule has 32 heavy (non-hydrogen) atoms. The van der Waals surface area contributed by atoms with Crippen molar-refractivity contribution in [3.8, 4) is 5.95 Å². The van der Waals surface area contributed by atoms with E-state index in [-0.39, 0.29) is 17.0 Å². The number of anilines is 2. The maximum atomic E-state index is 13.8. The zero-order valence-electron chi connectivity index (χ0n) is 17.8. The number of imidazole rings is 1. The van der Waals surface area contributed by atoms with Crippen LogP contribution in [0.4, 0.5) is 16.2 Å². The molecule has 12 heteroatoms. The van der Waals surface area contributed by atoms with Crippen LogP contribution in [0.5, 0.6) is 0 Å². The lowest BCUT2D eigenvalue weighted by atomic mass is 10.2. The largest absolute Gasteiger partial charge is 0.377 e. The molecule has 1 saturated heterocycles. The normalized spacial score (nSPS) is 17.4. The van der Waals surface area contributed by atoms with Crippen LogP contribution in [0.15, 0.2) is 35.4 Å². The summed E-state index contributed by atoms with van der Waals surface area (Å²) < 4.78 is 47.3. The van der Waals surface area contributed by atoms with E-state index in [1.165, 1.54) is 22.7 Å². The molecule has 0 spiro atoms. The fourth-order valence-corrected chi connectivity index (χ4v) is 4.77. The molecule has 5 rings (SSSR count). The van der Waals surface area contributed by atoms with Crippen LogP contribution in [0.3, 0.4) is 0 Å². The molecule has 1 aliphatic rings. The summed E-state index contributed by atoms with van der Waals surface area (Å²) in [4.78, 5) is 11.3. The van der Waals surface area contributed by atoms with Gasteiger partial charge in [0.2, 0.25) is 5.95 Å². The van der Waals surface area contributed by atoms with Gasteiger partial charge in [0.1, 0.15) is 11.3 Å². The first-order valence-electron chi connectivity index (χ1n) is 10.1. The van der Waals surface area contributed by atoms with Crippen molar-refractivity contribution in [3.63, 3.8) is 0 Å². The van der Waals surface area contributed by atoms with Crippen LogP contribution in [-0.2, 0) is 14.6 Å². The van der Waals surface area contributed by atoms with Gasteiger partial charge in [-0.25, -0.2) is 26.9 Å². The Kier molecular flexibility index (Phi) is 4.78. The highest BCUT2D eigenvalue weighted by Gasteiger charge is 2.27. The molecule has 168 valence electrons. The zero-order chi connectivity index (χ0) is 22.6. The molecule has 10 nitrogen and oxygen atoms in total. The van der Waals surface area contributed by atoms with E-state index >= 15 is 0 Å². The molecule has 0 saturated carbocycles. The number of morpholine rings is 1. The second kappa shape index (κ2) is 7.41. The molecular weight excluding hydrogens is 437 g/mol. The van der Waals surface area contributed by atoms with Gasteiger partial charge in [0.25, 0.3) is 5.95 Å². The number of aromatic nitrogens is 5. The fraction of sp³-hybridized carbons (Fsp3) is 0.350. The molecule has 3 aromatic heterocycles. The molecule has 1 aliphatic heterocycles. The number of benzene rings is 1. The van der Waals surface area contributed by atoms with Crippen molar-refractivity contribution in [2.45, 2.75) is 18.0 Å². The molecule has 1 unspecified atom stereocenters. The van der Waals surface area contributed by atoms with Crippen molar-refractivity contribution in [1.29, 1.82) is 0 Å². The summed E-state index contributed by atoms with van der Waals surface area (Å²) in [6, 6.07) is 7.52. The maximum Gasteiger partial charge on any atom is 0.257 e. The number of sulfone groups is 1. The Balaban J connectivity index is 1.84. The standard InChI is InChI=1S/C20H22FN7O3S/c1-12-11-31-9-8-26(12)18-16-6-7-17(32(3,29)30)28(16)25-20(24-18)27-15-5-4-13(21)10-14(15)23-19(27)22-2/h4-7,10,12H,8-9,11H2,1-3H3,(H,22,23). The first-order chi connectivity index (χ1) is 15.3. The number of nitrogens with one attached hydrogen (secondary N) is 1. The van der Waals surface area contributed by atoms with Gasteiger partial charge in [-0.2, -0.15) is 4.98 Å². The Bertz CT molecular complexity index is 1450. The number of fused-ring (bicyclic) bond motifs is 2. The molecule has 0 amide bonds. The number of hydrogen-bond donors (Lipinski definition) is 1. The van der Waals surface area contributed by atoms with Crippen LogP contribution in [0.1, 0.15) is 6.92 Å². The SMILES string of the molecule is CNc1nc2cc(F)ccc2n1-c1nc(N2CCOCC2C)c2ccc(S(C)(=O)=O)n2n1. The Hall–Kier alpha value is -3.25. The number of halogens is 1. The van der Waals surface area contributed by atoms with Crippen molar-refractivity contribution in [3.05, 3.63) is 36.1 Å². The van der Waals surface area contributed by atoms with Crippen molar-refractivity contribution < 1.29 is 17.5 Å². The summed E-state index contributed by atoms with van der Waals surface area (Å²) in [6.07, 6.45) is 1.14. The summed E-state index contributed by atoms with van der Waals surface area (Å²) in [5.74, 6) is 0.797. The van der Waals surface area contributed by atoms with E-state index < -0.39 is 15.7 Å². The van der Waals surface area contributed by atoms with E-state index in [9.17, 15) is 12.8 Å². The lowest BCUT2D eigenvalue weighted by Crippen LogP contribution is -2.44. The predicted octanol–water partition coefficient (Wildman–Crippen LogP) is 1.88. The van der Waals surface area contributed by atoms with E-state index in [0.717, 1.165) is 6.26 Å². The molecule has 4 heterocycles. The van der Waals surface area contributed by atoms with Gasteiger partial charge in [-0.05, 0) is 31.2 Å². The third-order valence-electron chi connectivity index (χ3n) is 5.50. The molecule has 1 aromatic carbocycles. The minimum absolute atomic E-state index is 0.0317. The van der Waals surface area contributed by atoms with E-state index in [0.29, 0.717) is 48.1 Å². The third kappa shape index (κ3) is 3.26. The second-order valence-corrected chi connectivity index (χ2v) is 9.71. The molecule has 0 radical (unpaired) electrons. The van der Waals surface area contributed by atoms with Gasteiger partial charge in [0, 0.05) is 25.9 Å². The summed E-state index contributed by atoms with van der Waals surface area (Å²) in [5, 5.41) is 7.60. The van der Waals surface area contributed by atoms with Crippen LogP contribution in [0.25, 0.3) is 22.5 Å². The van der Waals surface area contributed by atoms with Crippen LogP contribution >= 0.6 is 0 Å². The van der Waals surface area contributed by atoms with Gasteiger partial charge >= 0.3 is 0 Å². The van der Waals surface area contributed by atoms with E-state index in [1.807, 2.05) is 6.92 Å². The summed E-state index contributed by atoms with van der Waals surface area (Å²) in [5.41, 5.74) is 1.59. The van der Waals surface area contributed by atoms with Crippen LogP contribution < -0.4 is 10.2 Å². The molecule has 0 bridgehead atoms. The first kappa shape index (κ1) is 20.6. The van der Waals surface area contributed by atoms with Crippen LogP contribution in [0, 0.1) is 5.82 Å². The van der Waals surface area contributed by atoms with Crippen molar-refractivity contribution in [2.75, 3.05) is 43.3 Å².